The Morgan fingerprint density at radius 1 is 0.944 bits per heavy atom. The smallest absolute Gasteiger partial charge is 0.276 e. The Kier molecular flexibility index (Phi) is 12.2. The Labute approximate surface area is 312 Å². The lowest BCUT2D eigenvalue weighted by atomic mass is 9.89. The molecule has 0 radical (unpaired) electrons. The van der Waals surface area contributed by atoms with Crippen LogP contribution in [0.3, 0.4) is 0 Å². The molecule has 2 saturated heterocycles. The number of hydrogen-bond acceptors (Lipinski definition) is 11. The molecule has 6 N–H and O–H groups in total. The number of methoxy groups -OCH3 is 2. The summed E-state index contributed by atoms with van der Waals surface area (Å²) in [4.78, 5) is 63.3. The molecule has 0 bridgehead atoms. The SMILES string of the molecule is COc1cc(-c2cn(C)c(=O)c3[nH]ncc23)cc(OC)c1CNCC(=O)NCCNC(=O)CN1CCC(c2ccc(NC3CCC(=O)NC3=O)cc2)CC1. The minimum absolute atomic E-state index is 0.0481. The van der Waals surface area contributed by atoms with Gasteiger partial charge in [-0.25, -0.2) is 0 Å². The average Bonchev–Trinajstić information content (AvgIpc) is 3.67. The number of carbonyl (C=O) groups is 4. The van der Waals surface area contributed by atoms with Crippen LogP contribution in [0.4, 0.5) is 5.69 Å². The molecule has 54 heavy (non-hydrogen) atoms. The Morgan fingerprint density at radius 3 is 2.30 bits per heavy atom. The third-order valence-corrected chi connectivity index (χ3v) is 9.98. The number of nitrogens with zero attached hydrogens (tertiary/aromatic N) is 3. The zero-order valence-electron chi connectivity index (χ0n) is 30.8. The van der Waals surface area contributed by atoms with E-state index in [4.69, 9.17) is 9.47 Å². The van der Waals surface area contributed by atoms with Crippen molar-refractivity contribution in [3.05, 3.63) is 70.3 Å². The van der Waals surface area contributed by atoms with Gasteiger partial charge in [0.15, 0.2) is 0 Å². The van der Waals surface area contributed by atoms with Crippen molar-refractivity contribution in [1.29, 1.82) is 0 Å². The standard InChI is InChI=1S/C38H47N9O7/c1-46-21-29(27-19-42-45-36(27)38(46)52)25-16-31(53-2)28(32(17-25)54-3)18-39-20-34(49)40-12-13-41-35(50)22-47-14-10-24(11-15-47)23-4-6-26(7-5-23)43-30-8-9-33(48)44-37(30)51/h4-7,16-17,19,21,24,30,39,43H,8-15,18,20,22H2,1-3H3,(H,40,49)(H,41,50)(H,42,45)(H,44,48,51). The van der Waals surface area contributed by atoms with Crippen molar-refractivity contribution in [2.75, 3.05) is 58.8 Å². The van der Waals surface area contributed by atoms with E-state index in [1.54, 1.807) is 33.7 Å². The number of aromatic amines is 1. The van der Waals surface area contributed by atoms with Crippen LogP contribution in [-0.2, 0) is 32.8 Å². The van der Waals surface area contributed by atoms with Crippen LogP contribution in [0.5, 0.6) is 11.5 Å². The highest BCUT2D eigenvalue weighted by molar-refractivity contribution is 6.01. The number of pyridine rings is 1. The molecule has 2 fully saturated rings. The maximum Gasteiger partial charge on any atom is 0.276 e. The van der Waals surface area contributed by atoms with Crippen LogP contribution in [-0.4, -0.2) is 103 Å². The fourth-order valence-electron chi connectivity index (χ4n) is 7.03. The highest BCUT2D eigenvalue weighted by Crippen LogP contribution is 2.37. The maximum absolute atomic E-state index is 12.6. The largest absolute Gasteiger partial charge is 0.496 e. The monoisotopic (exact) mass is 741 g/mol. The molecule has 2 aromatic heterocycles. The molecule has 16 heteroatoms. The first-order valence-corrected chi connectivity index (χ1v) is 18.1. The molecule has 2 aliphatic rings. The van der Waals surface area contributed by atoms with Gasteiger partial charge >= 0.3 is 0 Å². The minimum atomic E-state index is -0.412. The van der Waals surface area contributed by atoms with Crippen LogP contribution in [0.1, 0.15) is 42.7 Å². The van der Waals surface area contributed by atoms with Gasteiger partial charge in [0.05, 0.1) is 33.5 Å². The molecule has 16 nitrogen and oxygen atoms in total. The van der Waals surface area contributed by atoms with E-state index in [-0.39, 0.29) is 35.7 Å². The van der Waals surface area contributed by atoms with Crippen molar-refractivity contribution >= 4 is 40.2 Å². The van der Waals surface area contributed by atoms with Crippen molar-refractivity contribution in [3.63, 3.8) is 0 Å². The quantitative estimate of drug-likeness (QED) is 0.0760. The molecule has 1 unspecified atom stereocenters. The second kappa shape index (κ2) is 17.4. The van der Waals surface area contributed by atoms with Gasteiger partial charge in [0.25, 0.3) is 5.56 Å². The molecule has 0 aliphatic carbocycles. The van der Waals surface area contributed by atoms with E-state index in [1.807, 2.05) is 24.3 Å². The van der Waals surface area contributed by atoms with Gasteiger partial charge in [-0.05, 0) is 73.7 Å². The number of carbonyl (C=O) groups excluding carboxylic acids is 4. The van der Waals surface area contributed by atoms with E-state index in [0.717, 1.165) is 48.3 Å². The van der Waals surface area contributed by atoms with Crippen molar-refractivity contribution in [2.24, 2.45) is 7.05 Å². The van der Waals surface area contributed by atoms with E-state index in [1.165, 1.54) is 10.1 Å². The van der Waals surface area contributed by atoms with E-state index in [0.29, 0.717) is 67.3 Å². The van der Waals surface area contributed by atoms with Gasteiger partial charge in [-0.15, -0.1) is 0 Å². The Hall–Kier alpha value is -5.74. The van der Waals surface area contributed by atoms with E-state index >= 15 is 0 Å². The normalized spacial score (nSPS) is 16.5. The molecular weight excluding hydrogens is 694 g/mol. The number of piperidine rings is 2. The number of anilines is 1. The van der Waals surface area contributed by atoms with Crippen molar-refractivity contribution in [1.82, 2.24) is 40.9 Å². The number of likely N-dealkylation sites (tertiary alicyclic amines) is 1. The Bertz CT molecular complexity index is 2030. The summed E-state index contributed by atoms with van der Waals surface area (Å²) in [6.45, 7) is 2.87. The average molecular weight is 742 g/mol. The van der Waals surface area contributed by atoms with Crippen LogP contribution in [0.2, 0.25) is 0 Å². The fraction of sp³-hybridized carbons (Fsp3) is 0.421. The summed E-state index contributed by atoms with van der Waals surface area (Å²) < 4.78 is 12.9. The maximum atomic E-state index is 12.6. The summed E-state index contributed by atoms with van der Waals surface area (Å²) in [7, 11) is 4.81. The molecule has 0 saturated carbocycles. The molecule has 2 aromatic carbocycles. The first-order chi connectivity index (χ1) is 26.1. The predicted molar refractivity (Wildman–Crippen MR) is 202 cm³/mol. The number of fused-ring (bicyclic) bond motifs is 1. The third-order valence-electron chi connectivity index (χ3n) is 9.98. The summed E-state index contributed by atoms with van der Waals surface area (Å²) in [5.41, 5.74) is 4.60. The number of nitrogens with one attached hydrogen (secondary N) is 6. The van der Waals surface area contributed by atoms with Gasteiger partial charge in [-0.1, -0.05) is 12.1 Å². The predicted octanol–water partition coefficient (Wildman–Crippen LogP) is 1.36. The van der Waals surface area contributed by atoms with Crippen LogP contribution >= 0.6 is 0 Å². The van der Waals surface area contributed by atoms with Gasteiger partial charge in [0.1, 0.15) is 23.1 Å². The minimum Gasteiger partial charge on any atom is -0.496 e. The molecule has 4 heterocycles. The molecule has 6 rings (SSSR count). The van der Waals surface area contributed by atoms with Crippen molar-refractivity contribution in [3.8, 4) is 22.6 Å². The van der Waals surface area contributed by atoms with Crippen molar-refractivity contribution < 1.29 is 28.7 Å². The van der Waals surface area contributed by atoms with Crippen LogP contribution in [0.15, 0.2) is 53.6 Å². The molecular formula is C38H47N9O7. The van der Waals surface area contributed by atoms with Gasteiger partial charge in [-0.2, -0.15) is 5.10 Å². The van der Waals surface area contributed by atoms with Gasteiger partial charge in [0.2, 0.25) is 23.6 Å². The molecule has 286 valence electrons. The number of imide groups is 1. The fourth-order valence-corrected chi connectivity index (χ4v) is 7.03. The lowest BCUT2D eigenvalue weighted by Gasteiger charge is -2.31. The van der Waals surface area contributed by atoms with Gasteiger partial charge in [-0.3, -0.25) is 39.3 Å². The molecule has 4 aromatic rings. The molecule has 4 amide bonds. The van der Waals surface area contributed by atoms with Crippen LogP contribution < -0.4 is 41.6 Å². The number of aryl methyl sites for hydroxylation is 1. The van der Waals surface area contributed by atoms with E-state index in [2.05, 4.69) is 53.8 Å². The first kappa shape index (κ1) is 38.0. The second-order valence-corrected chi connectivity index (χ2v) is 13.6. The first-order valence-electron chi connectivity index (χ1n) is 18.1. The molecule has 2 aliphatic heterocycles. The summed E-state index contributed by atoms with van der Waals surface area (Å²) in [6.07, 6.45) is 6.04. The Morgan fingerprint density at radius 2 is 1.63 bits per heavy atom. The molecule has 1 atom stereocenters. The van der Waals surface area contributed by atoms with Crippen molar-refractivity contribution in [2.45, 2.75) is 44.2 Å². The number of rotatable bonds is 15. The Balaban J connectivity index is 0.888. The number of aromatic nitrogens is 3. The van der Waals surface area contributed by atoms with Gasteiger partial charge in [0, 0.05) is 61.5 Å². The number of amides is 4. The van der Waals surface area contributed by atoms with Crippen LogP contribution in [0.25, 0.3) is 22.0 Å². The lowest BCUT2D eigenvalue weighted by Crippen LogP contribution is -2.47. The molecule has 0 spiro atoms. The summed E-state index contributed by atoms with van der Waals surface area (Å²) >= 11 is 0. The summed E-state index contributed by atoms with van der Waals surface area (Å²) in [6, 6.07) is 11.4. The number of H-pyrrole nitrogens is 1. The van der Waals surface area contributed by atoms with E-state index < -0.39 is 6.04 Å². The number of ether oxygens (including phenoxy) is 2. The van der Waals surface area contributed by atoms with E-state index in [9.17, 15) is 24.0 Å². The summed E-state index contributed by atoms with van der Waals surface area (Å²) in [5.74, 6) is 0.687. The highest BCUT2D eigenvalue weighted by atomic mass is 16.5. The number of hydrogen-bond donors (Lipinski definition) is 6. The summed E-state index contributed by atoms with van der Waals surface area (Å²) in [5, 5.41) is 21.9. The third kappa shape index (κ3) is 9.06. The van der Waals surface area contributed by atoms with Gasteiger partial charge < -0.3 is 35.3 Å². The number of benzene rings is 2. The highest BCUT2D eigenvalue weighted by Gasteiger charge is 2.27. The topological polar surface area (TPSA) is 201 Å². The zero-order valence-corrected chi connectivity index (χ0v) is 30.8. The van der Waals surface area contributed by atoms with Crippen LogP contribution in [0, 0.1) is 0 Å². The lowest BCUT2D eigenvalue weighted by molar-refractivity contribution is -0.133. The second-order valence-electron chi connectivity index (χ2n) is 13.6. The zero-order chi connectivity index (χ0) is 38.2.